The summed E-state index contributed by atoms with van der Waals surface area (Å²) in [7, 11) is 0. The first-order chi connectivity index (χ1) is 6.77. The zero-order valence-electron chi connectivity index (χ0n) is 7.91. The molecule has 1 aromatic rings. The molecule has 14 heavy (non-hydrogen) atoms. The molecule has 2 atom stereocenters. The van der Waals surface area contributed by atoms with Crippen LogP contribution in [0.25, 0.3) is 0 Å². The van der Waals surface area contributed by atoms with Gasteiger partial charge in [0.2, 0.25) is 0 Å². The molecule has 1 fully saturated rings. The molecule has 0 amide bonds. The van der Waals surface area contributed by atoms with Crippen LogP contribution in [0.1, 0.15) is 24.5 Å². The first-order valence-electron chi connectivity index (χ1n) is 4.94. The fourth-order valence-corrected chi connectivity index (χ4v) is 2.00. The average molecular weight is 212 g/mol. The molecule has 0 unspecified atom stereocenters. The second kappa shape index (κ2) is 4.30. The Labute approximate surface area is 88.9 Å². The number of aliphatic hydroxyl groups excluding tert-OH is 1. The van der Waals surface area contributed by atoms with E-state index in [1.54, 1.807) is 0 Å². The summed E-state index contributed by atoms with van der Waals surface area (Å²) in [5.41, 5.74) is 0.939. The summed E-state index contributed by atoms with van der Waals surface area (Å²) in [6, 6.07) is 7.60. The molecule has 1 aromatic carbocycles. The highest BCUT2D eigenvalue weighted by Gasteiger charge is 2.23. The third-order valence-electron chi connectivity index (χ3n) is 2.69. The van der Waals surface area contributed by atoms with Gasteiger partial charge in [0.1, 0.15) is 0 Å². The minimum Gasteiger partial charge on any atom is -0.387 e. The molecule has 1 aliphatic rings. The number of benzene rings is 1. The van der Waals surface area contributed by atoms with Gasteiger partial charge in [0, 0.05) is 11.1 Å². The SMILES string of the molecule is O[C@@H](c1ccc(Cl)cc1)[C@@H]1CCCN1. The highest BCUT2D eigenvalue weighted by atomic mass is 35.5. The van der Waals surface area contributed by atoms with E-state index in [0.29, 0.717) is 5.02 Å². The molecule has 0 bridgehead atoms. The largest absolute Gasteiger partial charge is 0.387 e. The lowest BCUT2D eigenvalue weighted by molar-refractivity contribution is 0.137. The van der Waals surface area contributed by atoms with Crippen molar-refractivity contribution in [1.29, 1.82) is 0 Å². The van der Waals surface area contributed by atoms with Crippen LogP contribution < -0.4 is 5.32 Å². The van der Waals surface area contributed by atoms with Crippen molar-refractivity contribution in [2.45, 2.75) is 25.0 Å². The topological polar surface area (TPSA) is 32.3 Å². The number of aliphatic hydroxyl groups is 1. The maximum absolute atomic E-state index is 10.0. The Morgan fingerprint density at radius 3 is 2.64 bits per heavy atom. The van der Waals surface area contributed by atoms with E-state index in [9.17, 15) is 5.11 Å². The summed E-state index contributed by atoms with van der Waals surface area (Å²) in [4.78, 5) is 0. The molecule has 0 spiro atoms. The van der Waals surface area contributed by atoms with Crippen LogP contribution in [-0.4, -0.2) is 17.7 Å². The van der Waals surface area contributed by atoms with Crippen molar-refractivity contribution in [2.24, 2.45) is 0 Å². The van der Waals surface area contributed by atoms with Gasteiger partial charge in [-0.1, -0.05) is 23.7 Å². The molecule has 76 valence electrons. The lowest BCUT2D eigenvalue weighted by atomic mass is 10.0. The van der Waals surface area contributed by atoms with Crippen molar-refractivity contribution in [1.82, 2.24) is 5.32 Å². The van der Waals surface area contributed by atoms with Crippen molar-refractivity contribution in [3.05, 3.63) is 34.9 Å². The maximum Gasteiger partial charge on any atom is 0.0942 e. The monoisotopic (exact) mass is 211 g/mol. The summed E-state index contributed by atoms with van der Waals surface area (Å²) in [5.74, 6) is 0. The molecule has 2 nitrogen and oxygen atoms in total. The molecule has 2 rings (SSSR count). The van der Waals surface area contributed by atoms with Gasteiger partial charge in [-0.25, -0.2) is 0 Å². The fourth-order valence-electron chi connectivity index (χ4n) is 1.87. The van der Waals surface area contributed by atoms with Crippen molar-refractivity contribution in [3.8, 4) is 0 Å². The van der Waals surface area contributed by atoms with E-state index in [4.69, 9.17) is 11.6 Å². The van der Waals surface area contributed by atoms with E-state index in [2.05, 4.69) is 5.32 Å². The van der Waals surface area contributed by atoms with Crippen molar-refractivity contribution < 1.29 is 5.11 Å². The smallest absolute Gasteiger partial charge is 0.0942 e. The minimum atomic E-state index is -0.408. The third kappa shape index (κ3) is 2.08. The fraction of sp³-hybridized carbons (Fsp3) is 0.455. The standard InChI is InChI=1S/C11H14ClNO/c12-9-5-3-8(4-6-9)11(14)10-2-1-7-13-10/h3-6,10-11,13-14H,1-2,7H2/t10-,11-/m0/s1. The predicted octanol–water partition coefficient (Wildman–Crippen LogP) is 2.13. The number of nitrogens with one attached hydrogen (secondary N) is 1. The first-order valence-corrected chi connectivity index (χ1v) is 5.32. The van der Waals surface area contributed by atoms with Gasteiger partial charge in [-0.2, -0.15) is 0 Å². The van der Waals surface area contributed by atoms with Crippen LogP contribution in [0.4, 0.5) is 0 Å². The van der Waals surface area contributed by atoms with E-state index < -0.39 is 6.10 Å². The highest BCUT2D eigenvalue weighted by Crippen LogP contribution is 2.23. The van der Waals surface area contributed by atoms with E-state index in [0.717, 1.165) is 24.9 Å². The zero-order valence-corrected chi connectivity index (χ0v) is 8.67. The number of hydrogen-bond donors (Lipinski definition) is 2. The second-order valence-electron chi connectivity index (χ2n) is 3.70. The Bertz CT molecular complexity index is 293. The lowest BCUT2D eigenvalue weighted by Gasteiger charge is -2.18. The molecule has 0 saturated carbocycles. The van der Waals surface area contributed by atoms with Crippen LogP contribution in [0.5, 0.6) is 0 Å². The van der Waals surface area contributed by atoms with Crippen molar-refractivity contribution in [2.75, 3.05) is 6.54 Å². The van der Waals surface area contributed by atoms with Crippen LogP contribution in [0.2, 0.25) is 5.02 Å². The van der Waals surface area contributed by atoms with E-state index >= 15 is 0 Å². The molecule has 0 aliphatic carbocycles. The maximum atomic E-state index is 10.0. The molecule has 2 N–H and O–H groups in total. The number of rotatable bonds is 2. The molecule has 1 heterocycles. The Hall–Kier alpha value is -0.570. The Morgan fingerprint density at radius 1 is 1.36 bits per heavy atom. The summed E-state index contributed by atoms with van der Waals surface area (Å²) in [6.07, 6.45) is 1.79. The van der Waals surface area contributed by atoms with Gasteiger partial charge in [0.15, 0.2) is 0 Å². The second-order valence-corrected chi connectivity index (χ2v) is 4.14. The molecule has 1 saturated heterocycles. The molecular weight excluding hydrogens is 198 g/mol. The van der Waals surface area contributed by atoms with Crippen molar-refractivity contribution in [3.63, 3.8) is 0 Å². The van der Waals surface area contributed by atoms with E-state index in [-0.39, 0.29) is 6.04 Å². The van der Waals surface area contributed by atoms with Crippen LogP contribution in [0, 0.1) is 0 Å². The Kier molecular flexibility index (Phi) is 3.06. The zero-order chi connectivity index (χ0) is 9.97. The Balaban J connectivity index is 2.09. The summed E-state index contributed by atoms with van der Waals surface area (Å²) in [6.45, 7) is 1.01. The number of hydrogen-bond acceptors (Lipinski definition) is 2. The molecule has 0 aromatic heterocycles. The molecule has 3 heteroatoms. The van der Waals surface area contributed by atoms with Crippen molar-refractivity contribution >= 4 is 11.6 Å². The minimum absolute atomic E-state index is 0.205. The van der Waals surface area contributed by atoms with Crippen LogP contribution in [-0.2, 0) is 0 Å². The Morgan fingerprint density at radius 2 is 2.07 bits per heavy atom. The van der Waals surface area contributed by atoms with Gasteiger partial charge in [-0.3, -0.25) is 0 Å². The van der Waals surface area contributed by atoms with Gasteiger partial charge >= 0.3 is 0 Å². The summed E-state index contributed by atoms with van der Waals surface area (Å²) in [5, 5.41) is 14.0. The van der Waals surface area contributed by atoms with Gasteiger partial charge in [0.25, 0.3) is 0 Å². The molecule has 0 radical (unpaired) electrons. The third-order valence-corrected chi connectivity index (χ3v) is 2.94. The average Bonchev–Trinajstić information content (AvgIpc) is 2.71. The number of halogens is 1. The van der Waals surface area contributed by atoms with Crippen LogP contribution in [0.15, 0.2) is 24.3 Å². The van der Waals surface area contributed by atoms with Crippen LogP contribution in [0.3, 0.4) is 0 Å². The van der Waals surface area contributed by atoms with Crippen LogP contribution >= 0.6 is 11.6 Å². The van der Waals surface area contributed by atoms with Gasteiger partial charge in [-0.15, -0.1) is 0 Å². The molecule has 1 aliphatic heterocycles. The molecular formula is C11H14ClNO. The van der Waals surface area contributed by atoms with Gasteiger partial charge < -0.3 is 10.4 Å². The quantitative estimate of drug-likeness (QED) is 0.786. The predicted molar refractivity (Wildman–Crippen MR) is 57.4 cm³/mol. The van der Waals surface area contributed by atoms with E-state index in [1.807, 2.05) is 24.3 Å². The normalized spacial score (nSPS) is 23.7. The highest BCUT2D eigenvalue weighted by molar-refractivity contribution is 6.30. The summed E-state index contributed by atoms with van der Waals surface area (Å²) < 4.78 is 0. The first kappa shape index (κ1) is 9.97. The summed E-state index contributed by atoms with van der Waals surface area (Å²) >= 11 is 5.78. The lowest BCUT2D eigenvalue weighted by Crippen LogP contribution is -2.28. The van der Waals surface area contributed by atoms with Gasteiger partial charge in [-0.05, 0) is 37.1 Å². The van der Waals surface area contributed by atoms with E-state index in [1.165, 1.54) is 0 Å². The van der Waals surface area contributed by atoms with Gasteiger partial charge in [0.05, 0.1) is 6.10 Å².